The SMILES string of the molecule is CN1CN(c2cc(Oc3ccc4c5ccccc5n(-c5cc(C6(c7ccccc7)CCCC6)ccn5)c4c3)cc(-c3ccccc3)c2)c2ccccc21. The Balaban J connectivity index is 1.09. The van der Waals surface area contributed by atoms with E-state index < -0.39 is 0 Å². The third-order valence-corrected chi connectivity index (χ3v) is 11.4. The molecule has 5 heteroatoms. The lowest BCUT2D eigenvalue weighted by atomic mass is 9.73. The summed E-state index contributed by atoms with van der Waals surface area (Å²) in [5.74, 6) is 2.50. The van der Waals surface area contributed by atoms with Gasteiger partial charge >= 0.3 is 0 Å². The van der Waals surface area contributed by atoms with Gasteiger partial charge < -0.3 is 14.5 Å². The van der Waals surface area contributed by atoms with Crippen LogP contribution in [0.5, 0.6) is 11.5 Å². The number of benzene rings is 6. The first kappa shape index (κ1) is 31.4. The number of pyridine rings is 1. The normalized spacial score (nSPS) is 15.0. The Morgan fingerprint density at radius 3 is 2.11 bits per heavy atom. The van der Waals surface area contributed by atoms with Crippen molar-refractivity contribution in [2.24, 2.45) is 0 Å². The van der Waals surface area contributed by atoms with E-state index in [0.717, 1.165) is 64.7 Å². The summed E-state index contributed by atoms with van der Waals surface area (Å²) in [6.07, 6.45) is 6.76. The van der Waals surface area contributed by atoms with Gasteiger partial charge in [-0.1, -0.05) is 104 Å². The van der Waals surface area contributed by atoms with Crippen molar-refractivity contribution in [2.75, 3.05) is 23.5 Å². The van der Waals surface area contributed by atoms with Crippen molar-refractivity contribution in [2.45, 2.75) is 31.1 Å². The zero-order valence-corrected chi connectivity index (χ0v) is 29.8. The molecule has 0 radical (unpaired) electrons. The first-order chi connectivity index (χ1) is 26.1. The van der Waals surface area contributed by atoms with E-state index in [-0.39, 0.29) is 5.41 Å². The number of hydrogen-bond donors (Lipinski definition) is 0. The van der Waals surface area contributed by atoms with Gasteiger partial charge in [-0.05, 0) is 89.7 Å². The van der Waals surface area contributed by atoms with Crippen LogP contribution in [0, 0.1) is 0 Å². The summed E-state index contributed by atoms with van der Waals surface area (Å²) >= 11 is 0. The summed E-state index contributed by atoms with van der Waals surface area (Å²) in [6.45, 7) is 0.765. The van der Waals surface area contributed by atoms with E-state index in [1.165, 1.54) is 46.1 Å². The Labute approximate surface area is 310 Å². The van der Waals surface area contributed by atoms with Crippen LogP contribution in [0.3, 0.4) is 0 Å². The highest BCUT2D eigenvalue weighted by Gasteiger charge is 2.37. The molecule has 1 aliphatic heterocycles. The Kier molecular flexibility index (Phi) is 7.53. The molecule has 0 N–H and O–H groups in total. The number of para-hydroxylation sites is 3. The lowest BCUT2D eigenvalue weighted by Crippen LogP contribution is -2.24. The first-order valence-corrected chi connectivity index (χ1v) is 18.7. The molecule has 0 amide bonds. The van der Waals surface area contributed by atoms with Crippen LogP contribution in [0.25, 0.3) is 38.8 Å². The van der Waals surface area contributed by atoms with Crippen LogP contribution in [0.1, 0.15) is 36.8 Å². The zero-order chi connectivity index (χ0) is 35.4. The predicted octanol–water partition coefficient (Wildman–Crippen LogP) is 12.0. The molecular formula is C48H40N4O. The van der Waals surface area contributed by atoms with Crippen molar-refractivity contribution < 1.29 is 4.74 Å². The number of fused-ring (bicyclic) bond motifs is 4. The molecule has 8 aromatic rings. The molecular weight excluding hydrogens is 649 g/mol. The third-order valence-electron chi connectivity index (χ3n) is 11.4. The highest BCUT2D eigenvalue weighted by atomic mass is 16.5. The largest absolute Gasteiger partial charge is 0.457 e. The number of rotatable bonds is 7. The predicted molar refractivity (Wildman–Crippen MR) is 218 cm³/mol. The summed E-state index contributed by atoms with van der Waals surface area (Å²) in [5.41, 5.74) is 10.7. The molecule has 5 nitrogen and oxygen atoms in total. The smallest absolute Gasteiger partial charge is 0.137 e. The van der Waals surface area contributed by atoms with Gasteiger partial charge in [0.2, 0.25) is 0 Å². The van der Waals surface area contributed by atoms with Gasteiger partial charge in [-0.25, -0.2) is 4.98 Å². The van der Waals surface area contributed by atoms with E-state index in [9.17, 15) is 0 Å². The molecule has 0 unspecified atom stereocenters. The van der Waals surface area contributed by atoms with Gasteiger partial charge in [0.05, 0.1) is 29.1 Å². The fourth-order valence-corrected chi connectivity index (χ4v) is 8.91. The molecule has 0 saturated heterocycles. The van der Waals surface area contributed by atoms with Gasteiger partial charge in [-0.15, -0.1) is 0 Å². The Morgan fingerprint density at radius 1 is 0.566 bits per heavy atom. The van der Waals surface area contributed by atoms with Crippen LogP contribution in [0.4, 0.5) is 17.1 Å². The van der Waals surface area contributed by atoms with Crippen LogP contribution in [-0.2, 0) is 5.41 Å². The van der Waals surface area contributed by atoms with Crippen molar-refractivity contribution in [1.29, 1.82) is 0 Å². The van der Waals surface area contributed by atoms with Gasteiger partial charge in [0.25, 0.3) is 0 Å². The number of hydrogen-bond acceptors (Lipinski definition) is 4. The minimum atomic E-state index is -0.00186. The summed E-state index contributed by atoms with van der Waals surface area (Å²) in [6, 6.07) is 56.5. The highest BCUT2D eigenvalue weighted by Crippen LogP contribution is 2.47. The van der Waals surface area contributed by atoms with Crippen LogP contribution >= 0.6 is 0 Å². The van der Waals surface area contributed by atoms with Crippen LogP contribution in [-0.4, -0.2) is 23.3 Å². The Bertz CT molecular complexity index is 2610. The molecule has 0 bridgehead atoms. The van der Waals surface area contributed by atoms with E-state index in [1.54, 1.807) is 0 Å². The molecule has 53 heavy (non-hydrogen) atoms. The van der Waals surface area contributed by atoms with Gasteiger partial charge in [0, 0.05) is 47.3 Å². The first-order valence-electron chi connectivity index (χ1n) is 18.7. The molecule has 1 saturated carbocycles. The fraction of sp³-hybridized carbons (Fsp3) is 0.146. The standard InChI is InChI=1S/C48H40N4O/c1-50-33-51(45-21-11-10-20-44(45)50)38-28-35(34-14-4-2-5-15-34)29-40(31-38)53-39-22-23-42-41-18-8-9-19-43(41)52(46(42)32-39)47-30-37(24-27-49-47)48(25-12-13-26-48)36-16-6-3-7-17-36/h2-11,14-24,27-32H,12-13,25-26,33H2,1H3. The number of aromatic nitrogens is 2. The van der Waals surface area contributed by atoms with Gasteiger partial charge in [0.1, 0.15) is 17.3 Å². The summed E-state index contributed by atoms with van der Waals surface area (Å²) in [5, 5.41) is 2.37. The molecule has 10 rings (SSSR count). The molecule has 0 atom stereocenters. The van der Waals surface area contributed by atoms with E-state index in [0.29, 0.717) is 0 Å². The van der Waals surface area contributed by atoms with E-state index in [1.807, 2.05) is 6.20 Å². The minimum Gasteiger partial charge on any atom is -0.457 e. The molecule has 258 valence electrons. The maximum Gasteiger partial charge on any atom is 0.137 e. The topological polar surface area (TPSA) is 33.5 Å². The number of ether oxygens (including phenoxy) is 1. The number of nitrogens with zero attached hydrogens (tertiary/aromatic N) is 4. The summed E-state index contributed by atoms with van der Waals surface area (Å²) < 4.78 is 9.17. The van der Waals surface area contributed by atoms with Crippen molar-refractivity contribution in [3.05, 3.63) is 175 Å². The maximum atomic E-state index is 6.86. The number of anilines is 3. The zero-order valence-electron chi connectivity index (χ0n) is 29.8. The van der Waals surface area contributed by atoms with Crippen LogP contribution < -0.4 is 14.5 Å². The van der Waals surface area contributed by atoms with Crippen molar-refractivity contribution >= 4 is 38.9 Å². The van der Waals surface area contributed by atoms with Crippen molar-refractivity contribution in [3.8, 4) is 28.4 Å². The Morgan fingerprint density at radius 2 is 1.28 bits per heavy atom. The average molecular weight is 689 g/mol. The molecule has 2 aliphatic rings. The highest BCUT2D eigenvalue weighted by molar-refractivity contribution is 6.09. The van der Waals surface area contributed by atoms with Crippen LogP contribution in [0.2, 0.25) is 0 Å². The van der Waals surface area contributed by atoms with Crippen molar-refractivity contribution in [1.82, 2.24) is 9.55 Å². The third kappa shape index (κ3) is 5.34. The van der Waals surface area contributed by atoms with E-state index in [2.05, 4.69) is 179 Å². The fourth-order valence-electron chi connectivity index (χ4n) is 8.91. The monoisotopic (exact) mass is 688 g/mol. The Hall–Kier alpha value is -6.33. The van der Waals surface area contributed by atoms with E-state index in [4.69, 9.17) is 9.72 Å². The van der Waals surface area contributed by atoms with Gasteiger partial charge in [-0.2, -0.15) is 0 Å². The molecule has 2 aromatic heterocycles. The quantitative estimate of drug-likeness (QED) is 0.167. The second kappa shape index (κ2) is 12.7. The summed E-state index contributed by atoms with van der Waals surface area (Å²) in [4.78, 5) is 9.68. The summed E-state index contributed by atoms with van der Waals surface area (Å²) in [7, 11) is 2.14. The van der Waals surface area contributed by atoms with Gasteiger partial charge in [0.15, 0.2) is 0 Å². The molecule has 1 fully saturated rings. The van der Waals surface area contributed by atoms with Crippen molar-refractivity contribution in [3.63, 3.8) is 0 Å². The lowest BCUT2D eigenvalue weighted by molar-refractivity contribution is 0.483. The van der Waals surface area contributed by atoms with E-state index >= 15 is 0 Å². The molecule has 3 heterocycles. The lowest BCUT2D eigenvalue weighted by Gasteiger charge is -2.31. The molecule has 1 aliphatic carbocycles. The van der Waals surface area contributed by atoms with Crippen LogP contribution in [0.15, 0.2) is 164 Å². The second-order valence-electron chi connectivity index (χ2n) is 14.5. The molecule has 6 aromatic carbocycles. The molecule has 0 spiro atoms. The average Bonchev–Trinajstić information content (AvgIpc) is 3.94. The second-order valence-corrected chi connectivity index (χ2v) is 14.5. The maximum absolute atomic E-state index is 6.86. The minimum absolute atomic E-state index is 0.00186. The van der Waals surface area contributed by atoms with Gasteiger partial charge in [-0.3, -0.25) is 4.57 Å².